The van der Waals surface area contributed by atoms with Gasteiger partial charge in [-0.15, -0.1) is 12.4 Å². The molecule has 0 saturated heterocycles. The topological polar surface area (TPSA) is 52.9 Å². The van der Waals surface area contributed by atoms with Gasteiger partial charge in [0.25, 0.3) is 0 Å². The minimum Gasteiger partial charge on any atom is -0.504 e. The summed E-state index contributed by atoms with van der Waals surface area (Å²) in [5.74, 6) is 0.451. The number of halogens is 1. The van der Waals surface area contributed by atoms with Crippen LogP contribution in [-0.2, 0) is 0 Å². The summed E-state index contributed by atoms with van der Waals surface area (Å²) in [7, 11) is 0. The Labute approximate surface area is 125 Å². The molecule has 5 heteroatoms. The van der Waals surface area contributed by atoms with Crippen LogP contribution in [0.3, 0.4) is 0 Å². The molecule has 1 atom stereocenters. The third-order valence-electron chi connectivity index (χ3n) is 3.88. The van der Waals surface area contributed by atoms with Crippen molar-refractivity contribution < 1.29 is 14.9 Å². The van der Waals surface area contributed by atoms with Crippen molar-refractivity contribution in [3.8, 4) is 17.2 Å². The monoisotopic (exact) mass is 297 g/mol. The van der Waals surface area contributed by atoms with Gasteiger partial charge in [0.05, 0.1) is 6.04 Å². The maximum atomic E-state index is 9.69. The molecule has 0 fully saturated rings. The normalized spacial score (nSPS) is 21.1. The highest BCUT2D eigenvalue weighted by Gasteiger charge is 2.32. The van der Waals surface area contributed by atoms with Gasteiger partial charge in [-0.3, -0.25) is 4.90 Å². The quantitative estimate of drug-likeness (QED) is 0.824. The Hall–Kier alpha value is -1.39. The molecule has 0 aromatic heterocycles. The van der Waals surface area contributed by atoms with Crippen LogP contribution >= 0.6 is 12.4 Å². The first-order valence-electron chi connectivity index (χ1n) is 6.84. The van der Waals surface area contributed by atoms with Crippen molar-refractivity contribution in [2.75, 3.05) is 19.7 Å². The molecule has 1 aromatic rings. The standard InChI is InChI=1S/C15H19NO3.ClH/c1-2-5-16-6-3-4-10-11-7-13(17)14(18)8-15(11)19-9-12(10)16;/h4,7-8,12,17-18H,2-3,5-6,9H2,1H3;1H. The lowest BCUT2D eigenvalue weighted by molar-refractivity contribution is 0.156. The molecule has 0 radical (unpaired) electrons. The summed E-state index contributed by atoms with van der Waals surface area (Å²) in [4.78, 5) is 2.43. The summed E-state index contributed by atoms with van der Waals surface area (Å²) < 4.78 is 5.75. The van der Waals surface area contributed by atoms with Crippen LogP contribution in [0.5, 0.6) is 17.2 Å². The molecule has 0 saturated carbocycles. The van der Waals surface area contributed by atoms with Crippen molar-refractivity contribution in [1.29, 1.82) is 0 Å². The van der Waals surface area contributed by atoms with Gasteiger partial charge in [0.1, 0.15) is 12.4 Å². The van der Waals surface area contributed by atoms with Gasteiger partial charge < -0.3 is 14.9 Å². The van der Waals surface area contributed by atoms with E-state index in [2.05, 4.69) is 17.9 Å². The van der Waals surface area contributed by atoms with Crippen LogP contribution in [-0.4, -0.2) is 40.9 Å². The molecular formula is C15H20ClNO3. The fraction of sp³-hybridized carbons (Fsp3) is 0.467. The van der Waals surface area contributed by atoms with Crippen molar-refractivity contribution >= 4 is 18.0 Å². The molecule has 0 aliphatic carbocycles. The molecule has 4 nitrogen and oxygen atoms in total. The number of hydrogen-bond donors (Lipinski definition) is 2. The lowest BCUT2D eigenvalue weighted by atomic mass is 9.90. The highest BCUT2D eigenvalue weighted by molar-refractivity contribution is 5.85. The summed E-state index contributed by atoms with van der Waals surface area (Å²) in [6, 6.07) is 3.38. The Morgan fingerprint density at radius 2 is 2.05 bits per heavy atom. The molecule has 0 amide bonds. The SMILES string of the molecule is CCCN1CCC=C2c3cc(O)c(O)cc3OCC21.Cl. The van der Waals surface area contributed by atoms with Crippen molar-refractivity contribution in [3.63, 3.8) is 0 Å². The van der Waals surface area contributed by atoms with Gasteiger partial charge in [0.2, 0.25) is 0 Å². The van der Waals surface area contributed by atoms with E-state index in [1.54, 1.807) is 6.07 Å². The second kappa shape index (κ2) is 5.94. The van der Waals surface area contributed by atoms with Crippen molar-refractivity contribution in [2.45, 2.75) is 25.8 Å². The zero-order valence-electron chi connectivity index (χ0n) is 11.5. The number of nitrogens with zero attached hydrogens (tertiary/aromatic N) is 1. The zero-order valence-corrected chi connectivity index (χ0v) is 12.3. The van der Waals surface area contributed by atoms with Gasteiger partial charge in [-0.2, -0.15) is 0 Å². The Balaban J connectivity index is 0.00000147. The minimum atomic E-state index is -0.126. The smallest absolute Gasteiger partial charge is 0.161 e. The zero-order chi connectivity index (χ0) is 13.4. The Bertz CT molecular complexity index is 530. The average Bonchev–Trinajstić information content (AvgIpc) is 2.41. The van der Waals surface area contributed by atoms with Crippen LogP contribution in [0.25, 0.3) is 5.57 Å². The highest BCUT2D eigenvalue weighted by Crippen LogP contribution is 2.42. The Morgan fingerprint density at radius 1 is 1.30 bits per heavy atom. The summed E-state index contributed by atoms with van der Waals surface area (Å²) in [6.45, 7) is 4.91. The van der Waals surface area contributed by atoms with Crippen LogP contribution in [0.4, 0.5) is 0 Å². The first kappa shape index (κ1) is 15.0. The van der Waals surface area contributed by atoms with Gasteiger partial charge in [-0.05, 0) is 31.0 Å². The first-order valence-corrected chi connectivity index (χ1v) is 6.84. The summed E-state index contributed by atoms with van der Waals surface area (Å²) in [5.41, 5.74) is 2.13. The minimum absolute atomic E-state index is 0. The predicted octanol–water partition coefficient (Wildman–Crippen LogP) is 2.78. The van der Waals surface area contributed by atoms with E-state index >= 15 is 0 Å². The predicted molar refractivity (Wildman–Crippen MR) is 80.8 cm³/mol. The number of phenolic OH excluding ortho intramolecular Hbond substituents is 2. The lowest BCUT2D eigenvalue weighted by Crippen LogP contribution is -2.45. The summed E-state index contributed by atoms with van der Waals surface area (Å²) >= 11 is 0. The fourth-order valence-corrected chi connectivity index (χ4v) is 2.99. The van der Waals surface area contributed by atoms with Crippen molar-refractivity contribution in [3.05, 3.63) is 23.8 Å². The van der Waals surface area contributed by atoms with E-state index in [-0.39, 0.29) is 29.9 Å². The van der Waals surface area contributed by atoms with Crippen LogP contribution in [0, 0.1) is 0 Å². The Morgan fingerprint density at radius 3 is 2.80 bits per heavy atom. The van der Waals surface area contributed by atoms with E-state index in [1.807, 2.05) is 0 Å². The fourth-order valence-electron chi connectivity index (χ4n) is 2.99. The van der Waals surface area contributed by atoms with Gasteiger partial charge >= 0.3 is 0 Å². The van der Waals surface area contributed by atoms with E-state index in [4.69, 9.17) is 4.74 Å². The molecule has 3 rings (SSSR count). The van der Waals surface area contributed by atoms with Crippen LogP contribution < -0.4 is 4.74 Å². The average molecular weight is 298 g/mol. The van der Waals surface area contributed by atoms with Crippen molar-refractivity contribution in [2.24, 2.45) is 0 Å². The highest BCUT2D eigenvalue weighted by atomic mass is 35.5. The number of ether oxygens (including phenoxy) is 1. The molecule has 0 bridgehead atoms. The van der Waals surface area contributed by atoms with Crippen LogP contribution in [0.1, 0.15) is 25.3 Å². The van der Waals surface area contributed by atoms with E-state index in [0.717, 1.165) is 31.5 Å². The molecule has 110 valence electrons. The van der Waals surface area contributed by atoms with E-state index in [1.165, 1.54) is 11.6 Å². The van der Waals surface area contributed by atoms with Crippen LogP contribution in [0.15, 0.2) is 18.2 Å². The van der Waals surface area contributed by atoms with Gasteiger partial charge in [0, 0.05) is 18.2 Å². The number of rotatable bonds is 2. The third kappa shape index (κ3) is 2.45. The van der Waals surface area contributed by atoms with Crippen molar-refractivity contribution in [1.82, 2.24) is 4.90 Å². The third-order valence-corrected chi connectivity index (χ3v) is 3.88. The molecule has 20 heavy (non-hydrogen) atoms. The molecule has 2 heterocycles. The maximum absolute atomic E-state index is 9.69. The molecule has 2 aliphatic rings. The van der Waals surface area contributed by atoms with E-state index < -0.39 is 0 Å². The number of fused-ring (bicyclic) bond motifs is 3. The molecular weight excluding hydrogens is 278 g/mol. The molecule has 1 aromatic carbocycles. The molecule has 2 aliphatic heterocycles. The maximum Gasteiger partial charge on any atom is 0.161 e. The molecule has 2 N–H and O–H groups in total. The van der Waals surface area contributed by atoms with Gasteiger partial charge in [0.15, 0.2) is 11.5 Å². The largest absolute Gasteiger partial charge is 0.504 e. The second-order valence-electron chi connectivity index (χ2n) is 5.15. The number of benzene rings is 1. The molecule has 0 spiro atoms. The second-order valence-corrected chi connectivity index (χ2v) is 5.15. The lowest BCUT2D eigenvalue weighted by Gasteiger charge is -2.39. The van der Waals surface area contributed by atoms with E-state index in [0.29, 0.717) is 12.4 Å². The van der Waals surface area contributed by atoms with Gasteiger partial charge in [-0.25, -0.2) is 0 Å². The number of aromatic hydroxyl groups is 2. The number of phenols is 2. The molecule has 1 unspecified atom stereocenters. The van der Waals surface area contributed by atoms with Gasteiger partial charge in [-0.1, -0.05) is 13.0 Å². The van der Waals surface area contributed by atoms with Crippen LogP contribution in [0.2, 0.25) is 0 Å². The Kier molecular flexibility index (Phi) is 4.45. The number of hydrogen-bond acceptors (Lipinski definition) is 4. The summed E-state index contributed by atoms with van der Waals surface area (Å²) in [6.07, 6.45) is 4.37. The first-order chi connectivity index (χ1) is 9.20. The van der Waals surface area contributed by atoms with E-state index in [9.17, 15) is 10.2 Å². The summed E-state index contributed by atoms with van der Waals surface area (Å²) in [5, 5.41) is 19.2.